The molecule has 0 aliphatic carbocycles. The molecule has 2 aromatic rings. The lowest BCUT2D eigenvalue weighted by molar-refractivity contribution is -0.117. The van der Waals surface area contributed by atoms with E-state index in [-0.39, 0.29) is 12.5 Å². The maximum atomic E-state index is 12.0. The first-order chi connectivity index (χ1) is 10.1. The topological polar surface area (TPSA) is 69.0 Å². The molecular formula is C15H16N4OS. The van der Waals surface area contributed by atoms with Gasteiger partial charge in [0.15, 0.2) is 0 Å². The molecular weight excluding hydrogens is 284 g/mol. The fourth-order valence-electron chi connectivity index (χ4n) is 1.90. The molecule has 0 saturated carbocycles. The van der Waals surface area contributed by atoms with Crippen molar-refractivity contribution in [3.8, 4) is 6.07 Å². The van der Waals surface area contributed by atoms with Crippen molar-refractivity contribution in [2.75, 3.05) is 18.9 Å². The second-order valence-electron chi connectivity index (χ2n) is 4.74. The van der Waals surface area contributed by atoms with Gasteiger partial charge in [-0.25, -0.2) is 4.98 Å². The maximum absolute atomic E-state index is 12.0. The number of thiazole rings is 1. The van der Waals surface area contributed by atoms with Gasteiger partial charge in [-0.3, -0.25) is 9.69 Å². The summed E-state index contributed by atoms with van der Waals surface area (Å²) in [5.41, 5.74) is 3.82. The smallest absolute Gasteiger partial charge is 0.238 e. The van der Waals surface area contributed by atoms with E-state index < -0.39 is 0 Å². The van der Waals surface area contributed by atoms with Gasteiger partial charge in [0.25, 0.3) is 0 Å². The van der Waals surface area contributed by atoms with Gasteiger partial charge in [0.1, 0.15) is 6.07 Å². The van der Waals surface area contributed by atoms with Crippen LogP contribution in [0.15, 0.2) is 29.8 Å². The van der Waals surface area contributed by atoms with Gasteiger partial charge in [-0.1, -0.05) is 12.1 Å². The number of aryl methyl sites for hydroxylation is 1. The second kappa shape index (κ2) is 6.97. The third-order valence-electron chi connectivity index (χ3n) is 2.99. The number of aromatic nitrogens is 1. The lowest BCUT2D eigenvalue weighted by Gasteiger charge is -2.16. The Bertz CT molecular complexity index is 674. The average Bonchev–Trinajstić information content (AvgIpc) is 2.84. The minimum atomic E-state index is -0.137. The first-order valence-corrected chi connectivity index (χ1v) is 7.34. The van der Waals surface area contributed by atoms with Crippen molar-refractivity contribution in [3.63, 3.8) is 0 Å². The average molecular weight is 300 g/mol. The Hall–Kier alpha value is -2.23. The summed E-state index contributed by atoms with van der Waals surface area (Å²) in [4.78, 5) is 19.3. The molecule has 0 radical (unpaired) electrons. The highest BCUT2D eigenvalue weighted by molar-refractivity contribution is 7.09. The highest BCUT2D eigenvalue weighted by Gasteiger charge is 2.11. The molecule has 0 saturated heterocycles. The van der Waals surface area contributed by atoms with Gasteiger partial charge >= 0.3 is 0 Å². The molecule has 1 amide bonds. The predicted molar refractivity (Wildman–Crippen MR) is 83.0 cm³/mol. The first-order valence-electron chi connectivity index (χ1n) is 6.46. The fraction of sp³-hybridized carbons (Fsp3) is 0.267. The summed E-state index contributed by atoms with van der Waals surface area (Å²) < 4.78 is 0. The van der Waals surface area contributed by atoms with Gasteiger partial charge in [0.2, 0.25) is 5.91 Å². The van der Waals surface area contributed by atoms with Gasteiger partial charge in [-0.15, -0.1) is 11.3 Å². The van der Waals surface area contributed by atoms with E-state index in [2.05, 4.69) is 16.4 Å². The van der Waals surface area contributed by atoms with Crippen LogP contribution in [-0.4, -0.2) is 29.4 Å². The Morgan fingerprint density at radius 2 is 2.24 bits per heavy atom. The zero-order chi connectivity index (χ0) is 15.2. The lowest BCUT2D eigenvalue weighted by Crippen LogP contribution is -2.30. The zero-order valence-electron chi connectivity index (χ0n) is 12.0. The van der Waals surface area contributed by atoms with Crippen LogP contribution >= 0.6 is 11.3 Å². The predicted octanol–water partition coefficient (Wildman–Crippen LogP) is 2.39. The van der Waals surface area contributed by atoms with Gasteiger partial charge in [0.05, 0.1) is 29.0 Å². The molecule has 1 heterocycles. The molecule has 0 aliphatic heterocycles. The van der Waals surface area contributed by atoms with E-state index in [1.807, 2.05) is 24.4 Å². The van der Waals surface area contributed by atoms with E-state index in [1.54, 1.807) is 35.6 Å². The molecule has 1 aromatic heterocycles. The molecule has 1 N–H and O–H groups in total. The van der Waals surface area contributed by atoms with Gasteiger partial charge in [-0.2, -0.15) is 5.26 Å². The summed E-state index contributed by atoms with van der Waals surface area (Å²) in [7, 11) is 1.88. The molecule has 21 heavy (non-hydrogen) atoms. The van der Waals surface area contributed by atoms with Crippen LogP contribution in [0.5, 0.6) is 0 Å². The van der Waals surface area contributed by atoms with Crippen LogP contribution < -0.4 is 5.32 Å². The normalized spacial score (nSPS) is 10.4. The Morgan fingerprint density at radius 3 is 2.90 bits per heavy atom. The van der Waals surface area contributed by atoms with E-state index in [1.165, 1.54) is 0 Å². The van der Waals surface area contributed by atoms with Crippen molar-refractivity contribution in [2.45, 2.75) is 13.5 Å². The third kappa shape index (κ3) is 4.12. The number of nitriles is 1. The minimum Gasteiger partial charge on any atom is -0.324 e. The summed E-state index contributed by atoms with van der Waals surface area (Å²) in [6.45, 7) is 2.91. The van der Waals surface area contributed by atoms with Crippen LogP contribution in [0.25, 0.3) is 0 Å². The van der Waals surface area contributed by atoms with E-state index in [9.17, 15) is 4.79 Å². The Morgan fingerprint density at radius 1 is 1.48 bits per heavy atom. The van der Waals surface area contributed by atoms with Crippen molar-refractivity contribution >= 4 is 22.9 Å². The molecule has 0 unspecified atom stereocenters. The number of anilines is 1. The summed E-state index contributed by atoms with van der Waals surface area (Å²) >= 11 is 1.59. The van der Waals surface area contributed by atoms with Crippen molar-refractivity contribution in [1.29, 1.82) is 5.26 Å². The summed E-state index contributed by atoms with van der Waals surface area (Å²) in [5.74, 6) is -0.137. The van der Waals surface area contributed by atoms with Crippen molar-refractivity contribution in [3.05, 3.63) is 45.9 Å². The van der Waals surface area contributed by atoms with E-state index in [0.717, 1.165) is 10.6 Å². The number of likely N-dealkylation sites (N-methyl/N-ethyl adjacent to an activating group) is 1. The molecule has 0 fully saturated rings. The van der Waals surface area contributed by atoms with Crippen LogP contribution in [-0.2, 0) is 11.3 Å². The largest absolute Gasteiger partial charge is 0.324 e. The Kier molecular flexibility index (Phi) is 5.04. The van der Waals surface area contributed by atoms with Crippen LogP contribution in [0.4, 0.5) is 5.69 Å². The number of benzene rings is 1. The van der Waals surface area contributed by atoms with Crippen molar-refractivity contribution in [1.82, 2.24) is 9.88 Å². The lowest BCUT2D eigenvalue weighted by atomic mass is 10.2. The Labute approximate surface area is 127 Å². The second-order valence-corrected chi connectivity index (χ2v) is 5.68. The summed E-state index contributed by atoms with van der Waals surface area (Å²) in [5, 5.41) is 11.8. The van der Waals surface area contributed by atoms with Gasteiger partial charge < -0.3 is 5.32 Å². The van der Waals surface area contributed by atoms with Crippen molar-refractivity contribution in [2.24, 2.45) is 0 Å². The summed E-state index contributed by atoms with van der Waals surface area (Å²) in [6, 6.07) is 9.03. The number of amides is 1. The fourth-order valence-corrected chi connectivity index (χ4v) is 2.76. The number of carbonyl (C=O) groups excluding carboxylic acids is 1. The Balaban J connectivity index is 1.93. The molecule has 0 spiro atoms. The number of carbonyl (C=O) groups is 1. The number of nitrogens with one attached hydrogen (secondary N) is 1. The van der Waals surface area contributed by atoms with Gasteiger partial charge in [0, 0.05) is 11.4 Å². The SMILES string of the molecule is Cc1ncsc1CN(C)CC(=O)Nc1ccccc1C#N. The molecule has 1 aromatic carbocycles. The van der Waals surface area contributed by atoms with E-state index in [4.69, 9.17) is 5.26 Å². The van der Waals surface area contributed by atoms with Crippen LogP contribution in [0.1, 0.15) is 16.1 Å². The van der Waals surface area contributed by atoms with Crippen LogP contribution in [0.3, 0.4) is 0 Å². The molecule has 6 heteroatoms. The minimum absolute atomic E-state index is 0.137. The highest BCUT2D eigenvalue weighted by Crippen LogP contribution is 2.15. The van der Waals surface area contributed by atoms with Gasteiger partial charge in [-0.05, 0) is 26.1 Å². The number of hydrogen-bond acceptors (Lipinski definition) is 5. The van der Waals surface area contributed by atoms with Crippen LogP contribution in [0, 0.1) is 18.3 Å². The summed E-state index contributed by atoms with van der Waals surface area (Å²) in [6.07, 6.45) is 0. The number of para-hydroxylation sites is 1. The zero-order valence-corrected chi connectivity index (χ0v) is 12.8. The molecule has 5 nitrogen and oxygen atoms in total. The molecule has 0 bridgehead atoms. The maximum Gasteiger partial charge on any atom is 0.238 e. The van der Waals surface area contributed by atoms with E-state index >= 15 is 0 Å². The van der Waals surface area contributed by atoms with Crippen LogP contribution in [0.2, 0.25) is 0 Å². The van der Waals surface area contributed by atoms with Crippen molar-refractivity contribution < 1.29 is 4.79 Å². The quantitative estimate of drug-likeness (QED) is 0.920. The third-order valence-corrected chi connectivity index (χ3v) is 3.91. The number of hydrogen-bond donors (Lipinski definition) is 1. The standard InChI is InChI=1S/C15H16N4OS/c1-11-14(21-10-17-11)8-19(2)9-15(20)18-13-6-4-3-5-12(13)7-16/h3-6,10H,8-9H2,1-2H3,(H,18,20). The number of nitrogens with zero attached hydrogens (tertiary/aromatic N) is 3. The van der Waals surface area contributed by atoms with E-state index in [0.29, 0.717) is 17.8 Å². The highest BCUT2D eigenvalue weighted by atomic mass is 32.1. The monoisotopic (exact) mass is 300 g/mol. The molecule has 0 atom stereocenters. The molecule has 2 rings (SSSR count). The first kappa shape index (κ1) is 15.2. The molecule has 108 valence electrons. The molecule has 0 aliphatic rings. The number of rotatable bonds is 5.